The van der Waals surface area contributed by atoms with Crippen LogP contribution in [0.1, 0.15) is 11.1 Å². The van der Waals surface area contributed by atoms with Crippen LogP contribution >= 0.6 is 0 Å². The second kappa shape index (κ2) is 6.15. The van der Waals surface area contributed by atoms with Crippen molar-refractivity contribution < 1.29 is 14.2 Å². The van der Waals surface area contributed by atoms with Gasteiger partial charge >= 0.3 is 0 Å². The highest BCUT2D eigenvalue weighted by Gasteiger charge is 2.05. The molecule has 0 aliphatic heterocycles. The number of rotatable bonds is 5. The summed E-state index contributed by atoms with van der Waals surface area (Å²) >= 11 is 0. The first-order valence-electron chi connectivity index (χ1n) is 6.34. The van der Waals surface area contributed by atoms with Gasteiger partial charge in [0.05, 0.1) is 13.4 Å². The standard InChI is InChI=1S/C17H18O3/c1-5-19-14-6-9-17(13(3)10-14)20-15-7-8-16(18-4)12(2)11-15/h5-11H,1H2,2-4H3. The van der Waals surface area contributed by atoms with Crippen LogP contribution in [0.25, 0.3) is 0 Å². The third-order valence-electron chi connectivity index (χ3n) is 2.96. The molecule has 0 aliphatic carbocycles. The maximum Gasteiger partial charge on any atom is 0.130 e. The predicted molar refractivity (Wildman–Crippen MR) is 79.8 cm³/mol. The van der Waals surface area contributed by atoms with E-state index in [1.807, 2.05) is 50.2 Å². The highest BCUT2D eigenvalue weighted by atomic mass is 16.5. The Labute approximate surface area is 119 Å². The van der Waals surface area contributed by atoms with Crippen LogP contribution in [0, 0.1) is 13.8 Å². The molecule has 3 nitrogen and oxygen atoms in total. The van der Waals surface area contributed by atoms with E-state index in [4.69, 9.17) is 14.2 Å². The van der Waals surface area contributed by atoms with E-state index in [9.17, 15) is 0 Å². The molecule has 20 heavy (non-hydrogen) atoms. The van der Waals surface area contributed by atoms with Crippen molar-refractivity contribution in [3.05, 3.63) is 60.4 Å². The first-order valence-corrected chi connectivity index (χ1v) is 6.34. The molecule has 0 amide bonds. The lowest BCUT2D eigenvalue weighted by molar-refractivity contribution is 0.409. The van der Waals surface area contributed by atoms with E-state index in [-0.39, 0.29) is 0 Å². The van der Waals surface area contributed by atoms with E-state index in [0.717, 1.165) is 34.1 Å². The lowest BCUT2D eigenvalue weighted by Crippen LogP contribution is -1.91. The first-order chi connectivity index (χ1) is 9.63. The molecule has 2 rings (SSSR count). The van der Waals surface area contributed by atoms with Gasteiger partial charge in [0, 0.05) is 0 Å². The Morgan fingerprint density at radius 1 is 0.900 bits per heavy atom. The lowest BCUT2D eigenvalue weighted by Gasteiger charge is -2.12. The Morgan fingerprint density at radius 3 is 2.10 bits per heavy atom. The van der Waals surface area contributed by atoms with Crippen LogP contribution in [0.2, 0.25) is 0 Å². The van der Waals surface area contributed by atoms with Gasteiger partial charge in [-0.2, -0.15) is 0 Å². The van der Waals surface area contributed by atoms with Gasteiger partial charge in [0.25, 0.3) is 0 Å². The Balaban J connectivity index is 2.21. The van der Waals surface area contributed by atoms with Crippen LogP contribution in [0.15, 0.2) is 49.2 Å². The van der Waals surface area contributed by atoms with E-state index in [0.29, 0.717) is 0 Å². The highest BCUT2D eigenvalue weighted by molar-refractivity contribution is 5.45. The lowest BCUT2D eigenvalue weighted by atomic mass is 10.2. The molecule has 0 spiro atoms. The maximum absolute atomic E-state index is 5.89. The molecule has 0 aliphatic rings. The highest BCUT2D eigenvalue weighted by Crippen LogP contribution is 2.30. The smallest absolute Gasteiger partial charge is 0.130 e. The summed E-state index contributed by atoms with van der Waals surface area (Å²) in [7, 11) is 1.66. The molecule has 0 atom stereocenters. The van der Waals surface area contributed by atoms with Crippen molar-refractivity contribution in [1.82, 2.24) is 0 Å². The zero-order chi connectivity index (χ0) is 14.5. The van der Waals surface area contributed by atoms with Gasteiger partial charge in [0.1, 0.15) is 23.0 Å². The van der Waals surface area contributed by atoms with Crippen LogP contribution in [0.4, 0.5) is 0 Å². The van der Waals surface area contributed by atoms with Crippen molar-refractivity contribution in [3.8, 4) is 23.0 Å². The molecule has 104 valence electrons. The molecule has 0 heterocycles. The fourth-order valence-electron chi connectivity index (χ4n) is 1.95. The summed E-state index contributed by atoms with van der Waals surface area (Å²) in [4.78, 5) is 0. The summed E-state index contributed by atoms with van der Waals surface area (Å²) in [6, 6.07) is 11.4. The summed E-state index contributed by atoms with van der Waals surface area (Å²) in [5, 5.41) is 0. The molecule has 2 aromatic rings. The fraction of sp³-hybridized carbons (Fsp3) is 0.176. The number of aryl methyl sites for hydroxylation is 2. The Kier molecular flexibility index (Phi) is 4.31. The van der Waals surface area contributed by atoms with Crippen molar-refractivity contribution in [2.75, 3.05) is 7.11 Å². The predicted octanol–water partition coefficient (Wildman–Crippen LogP) is 4.63. The fourth-order valence-corrected chi connectivity index (χ4v) is 1.95. The second-order valence-electron chi connectivity index (χ2n) is 4.45. The third-order valence-corrected chi connectivity index (χ3v) is 2.96. The quantitative estimate of drug-likeness (QED) is 0.741. The van der Waals surface area contributed by atoms with Gasteiger partial charge in [-0.3, -0.25) is 0 Å². The minimum Gasteiger partial charge on any atom is -0.496 e. The van der Waals surface area contributed by atoms with Crippen molar-refractivity contribution >= 4 is 0 Å². The molecule has 0 N–H and O–H groups in total. The van der Waals surface area contributed by atoms with Crippen LogP contribution in [-0.2, 0) is 0 Å². The zero-order valence-corrected chi connectivity index (χ0v) is 12.0. The molecule has 0 saturated carbocycles. The van der Waals surface area contributed by atoms with Crippen molar-refractivity contribution in [3.63, 3.8) is 0 Å². The largest absolute Gasteiger partial charge is 0.496 e. The summed E-state index contributed by atoms with van der Waals surface area (Å²) in [5.41, 5.74) is 2.03. The number of hydrogen-bond donors (Lipinski definition) is 0. The molecule has 0 radical (unpaired) electrons. The molecule has 0 bridgehead atoms. The van der Waals surface area contributed by atoms with Crippen molar-refractivity contribution in [2.24, 2.45) is 0 Å². The molecule has 0 fully saturated rings. The average Bonchev–Trinajstić information content (AvgIpc) is 2.42. The van der Waals surface area contributed by atoms with Gasteiger partial charge in [-0.15, -0.1) is 0 Å². The number of hydrogen-bond acceptors (Lipinski definition) is 3. The Hall–Kier alpha value is -2.42. The minimum absolute atomic E-state index is 0.746. The monoisotopic (exact) mass is 270 g/mol. The number of methoxy groups -OCH3 is 1. The summed E-state index contributed by atoms with van der Waals surface area (Å²) in [6.45, 7) is 7.50. The zero-order valence-electron chi connectivity index (χ0n) is 12.0. The summed E-state index contributed by atoms with van der Waals surface area (Å²) in [5.74, 6) is 3.18. The first kappa shape index (κ1) is 14.0. The number of ether oxygens (including phenoxy) is 3. The van der Waals surface area contributed by atoms with Gasteiger partial charge in [-0.25, -0.2) is 0 Å². The van der Waals surface area contributed by atoms with Gasteiger partial charge in [0.15, 0.2) is 0 Å². The van der Waals surface area contributed by atoms with E-state index in [2.05, 4.69) is 6.58 Å². The third kappa shape index (κ3) is 3.12. The Morgan fingerprint density at radius 2 is 1.50 bits per heavy atom. The molecule has 3 heteroatoms. The normalized spacial score (nSPS) is 9.95. The van der Waals surface area contributed by atoms with Crippen LogP contribution in [-0.4, -0.2) is 7.11 Å². The maximum atomic E-state index is 5.89. The Bertz CT molecular complexity index is 618. The molecule has 2 aromatic carbocycles. The van der Waals surface area contributed by atoms with Crippen molar-refractivity contribution in [2.45, 2.75) is 13.8 Å². The van der Waals surface area contributed by atoms with E-state index in [1.165, 1.54) is 6.26 Å². The average molecular weight is 270 g/mol. The molecule has 0 unspecified atom stereocenters. The summed E-state index contributed by atoms with van der Waals surface area (Å²) < 4.78 is 16.4. The van der Waals surface area contributed by atoms with Gasteiger partial charge in [-0.05, 0) is 61.4 Å². The van der Waals surface area contributed by atoms with Crippen LogP contribution < -0.4 is 14.2 Å². The van der Waals surface area contributed by atoms with Gasteiger partial charge in [-0.1, -0.05) is 6.58 Å². The summed E-state index contributed by atoms with van der Waals surface area (Å²) in [6.07, 6.45) is 1.40. The van der Waals surface area contributed by atoms with Crippen LogP contribution in [0.3, 0.4) is 0 Å². The van der Waals surface area contributed by atoms with Gasteiger partial charge < -0.3 is 14.2 Å². The number of benzene rings is 2. The van der Waals surface area contributed by atoms with E-state index < -0.39 is 0 Å². The SMILES string of the molecule is C=COc1ccc(Oc2ccc(OC)c(C)c2)c(C)c1. The molecular weight excluding hydrogens is 252 g/mol. The molecular formula is C17H18O3. The molecule has 0 aromatic heterocycles. The van der Waals surface area contributed by atoms with E-state index in [1.54, 1.807) is 7.11 Å². The molecule has 0 saturated heterocycles. The van der Waals surface area contributed by atoms with E-state index >= 15 is 0 Å². The van der Waals surface area contributed by atoms with Crippen LogP contribution in [0.5, 0.6) is 23.0 Å². The second-order valence-corrected chi connectivity index (χ2v) is 4.45. The van der Waals surface area contributed by atoms with Crippen molar-refractivity contribution in [1.29, 1.82) is 0 Å². The minimum atomic E-state index is 0.746. The van der Waals surface area contributed by atoms with Gasteiger partial charge in [0.2, 0.25) is 0 Å². The topological polar surface area (TPSA) is 27.7 Å².